The molecule has 0 unspecified atom stereocenters. The van der Waals surface area contributed by atoms with Gasteiger partial charge in [-0.15, -0.1) is 4.98 Å². The molecule has 0 aromatic carbocycles. The fraction of sp³-hybridized carbons (Fsp3) is 0.333. The van der Waals surface area contributed by atoms with Gasteiger partial charge in [-0.05, 0) is 0 Å². The molecule has 10 nitrogen and oxygen atoms in total. The second-order valence-corrected chi connectivity index (χ2v) is 5.20. The van der Waals surface area contributed by atoms with E-state index in [0.29, 0.717) is 5.41 Å². The van der Waals surface area contributed by atoms with Crippen LogP contribution < -0.4 is 19.1 Å². The maximum atomic E-state index is 11.8. The van der Waals surface area contributed by atoms with Gasteiger partial charge >= 0.3 is 18.1 Å². The number of aromatic nitrogens is 3. The van der Waals surface area contributed by atoms with Crippen molar-refractivity contribution >= 4 is 33.6 Å². The van der Waals surface area contributed by atoms with Gasteiger partial charge in [0, 0.05) is 12.6 Å². The molecule has 21 heavy (non-hydrogen) atoms. The summed E-state index contributed by atoms with van der Waals surface area (Å²) in [5.74, 6) is -0.166. The number of methoxy groups -OCH3 is 2. The first-order valence-corrected chi connectivity index (χ1v) is 7.22. The van der Waals surface area contributed by atoms with E-state index in [9.17, 15) is 13.2 Å². The van der Waals surface area contributed by atoms with E-state index in [2.05, 4.69) is 15.0 Å². The van der Waals surface area contributed by atoms with Gasteiger partial charge in [-0.2, -0.15) is 9.97 Å². The van der Waals surface area contributed by atoms with E-state index in [-0.39, 0.29) is 18.0 Å². The summed E-state index contributed by atoms with van der Waals surface area (Å²) < 4.78 is 34.2. The molecule has 0 aliphatic rings. The van der Waals surface area contributed by atoms with Gasteiger partial charge in [0.15, 0.2) is 0 Å². The number of carbonyl (C=O) groups is 1. The third-order valence-electron chi connectivity index (χ3n) is 2.01. The summed E-state index contributed by atoms with van der Waals surface area (Å²) in [6.45, 7) is 0. The van der Waals surface area contributed by atoms with Crippen molar-refractivity contribution in [2.75, 3.05) is 26.2 Å². The number of urea groups is 1. The van der Waals surface area contributed by atoms with E-state index in [1.165, 1.54) is 21.3 Å². The first kappa shape index (κ1) is 16.9. The molecule has 1 aromatic rings. The Balaban J connectivity index is 3.02. The number of rotatable bonds is 5. The van der Waals surface area contributed by atoms with Gasteiger partial charge in [-0.25, -0.2) is 17.9 Å². The van der Waals surface area contributed by atoms with Crippen LogP contribution in [0, 0.1) is 0 Å². The SMILES string of the molecule is COc1nc(OC)nc(N(C)C(=O)NS(=O)(=O)C=CCl)n1. The zero-order valence-electron chi connectivity index (χ0n) is 11.3. The molecule has 0 atom stereocenters. The minimum Gasteiger partial charge on any atom is -0.467 e. The quantitative estimate of drug-likeness (QED) is 0.800. The lowest BCUT2D eigenvalue weighted by Crippen LogP contribution is -2.40. The van der Waals surface area contributed by atoms with Crippen molar-refractivity contribution in [1.82, 2.24) is 19.7 Å². The zero-order chi connectivity index (χ0) is 16.0. The Morgan fingerprint density at radius 1 is 1.24 bits per heavy atom. The van der Waals surface area contributed by atoms with Gasteiger partial charge in [-0.3, -0.25) is 4.90 Å². The molecule has 0 spiro atoms. The maximum absolute atomic E-state index is 11.8. The number of nitrogens with one attached hydrogen (secondary N) is 1. The van der Waals surface area contributed by atoms with Crippen LogP contribution in [0.4, 0.5) is 10.7 Å². The number of amides is 2. The van der Waals surface area contributed by atoms with E-state index >= 15 is 0 Å². The third kappa shape index (κ3) is 4.72. The molecule has 1 rings (SSSR count). The first-order chi connectivity index (χ1) is 9.82. The molecule has 1 aromatic heterocycles. The average molecular weight is 338 g/mol. The third-order valence-corrected chi connectivity index (χ3v) is 3.24. The molecule has 2 amide bonds. The Hall–Kier alpha value is -2.14. The van der Waals surface area contributed by atoms with E-state index in [4.69, 9.17) is 21.1 Å². The Labute approximate surface area is 125 Å². The monoisotopic (exact) mass is 337 g/mol. The number of halogens is 1. The standard InChI is InChI=1S/C9H12ClN5O5S/c1-15(9(16)14-21(17,18)5-4-10)6-11-7(19-2)13-8(12-6)20-3/h4-5H,1-3H3,(H,14,16). The van der Waals surface area contributed by atoms with E-state index in [0.717, 1.165) is 10.4 Å². The number of hydrogen-bond acceptors (Lipinski definition) is 8. The zero-order valence-corrected chi connectivity index (χ0v) is 12.8. The van der Waals surface area contributed by atoms with Gasteiger partial charge in [0.1, 0.15) is 0 Å². The number of nitrogens with zero attached hydrogens (tertiary/aromatic N) is 4. The van der Waals surface area contributed by atoms with E-state index in [1.807, 2.05) is 0 Å². The van der Waals surface area contributed by atoms with Crippen LogP contribution in [0.5, 0.6) is 12.0 Å². The molecule has 0 radical (unpaired) electrons. The average Bonchev–Trinajstić information content (AvgIpc) is 2.45. The van der Waals surface area contributed by atoms with Crippen molar-refractivity contribution in [1.29, 1.82) is 0 Å². The number of anilines is 1. The highest BCUT2D eigenvalue weighted by Gasteiger charge is 2.20. The van der Waals surface area contributed by atoms with Gasteiger partial charge in [0.25, 0.3) is 10.0 Å². The minimum atomic E-state index is -4.00. The molecule has 12 heteroatoms. The summed E-state index contributed by atoms with van der Waals surface area (Å²) in [6.07, 6.45) is 0. The molecular weight excluding hydrogens is 326 g/mol. The van der Waals surface area contributed by atoms with Crippen molar-refractivity contribution in [3.8, 4) is 12.0 Å². The molecule has 0 saturated carbocycles. The number of sulfonamides is 1. The highest BCUT2D eigenvalue weighted by Crippen LogP contribution is 2.15. The molecule has 0 aliphatic heterocycles. The molecule has 0 aliphatic carbocycles. The Morgan fingerprint density at radius 3 is 2.19 bits per heavy atom. The fourth-order valence-corrected chi connectivity index (χ4v) is 2.03. The fourth-order valence-electron chi connectivity index (χ4n) is 1.04. The van der Waals surface area contributed by atoms with Crippen LogP contribution in [0.15, 0.2) is 10.9 Å². The van der Waals surface area contributed by atoms with Crippen molar-refractivity contribution in [2.45, 2.75) is 0 Å². The van der Waals surface area contributed by atoms with Crippen molar-refractivity contribution in [2.24, 2.45) is 0 Å². The predicted octanol–water partition coefficient (Wildman–Crippen LogP) is 0.0744. The smallest absolute Gasteiger partial charge is 0.337 e. The molecule has 1 heterocycles. The van der Waals surface area contributed by atoms with Crippen LogP contribution in [-0.4, -0.2) is 50.7 Å². The molecule has 0 bridgehead atoms. The van der Waals surface area contributed by atoms with Crippen LogP contribution in [0.3, 0.4) is 0 Å². The second-order valence-electron chi connectivity index (χ2n) is 3.38. The van der Waals surface area contributed by atoms with Crippen LogP contribution in [0.1, 0.15) is 0 Å². The number of ether oxygens (including phenoxy) is 2. The number of carbonyl (C=O) groups excluding carboxylic acids is 1. The maximum Gasteiger partial charge on any atom is 0.337 e. The summed E-state index contributed by atoms with van der Waals surface area (Å²) in [5, 5.41) is 0.620. The van der Waals surface area contributed by atoms with Gasteiger partial charge < -0.3 is 9.47 Å². The van der Waals surface area contributed by atoms with E-state index in [1.54, 1.807) is 4.72 Å². The largest absolute Gasteiger partial charge is 0.467 e. The van der Waals surface area contributed by atoms with Crippen LogP contribution in [-0.2, 0) is 10.0 Å². The summed E-state index contributed by atoms with van der Waals surface area (Å²) in [7, 11) is -0.122. The molecule has 0 fully saturated rings. The summed E-state index contributed by atoms with van der Waals surface area (Å²) >= 11 is 5.15. The number of hydrogen-bond donors (Lipinski definition) is 1. The summed E-state index contributed by atoms with van der Waals surface area (Å²) in [4.78, 5) is 24.0. The molecule has 116 valence electrons. The second kappa shape index (κ2) is 7.04. The summed E-state index contributed by atoms with van der Waals surface area (Å²) in [6, 6.07) is -1.19. The van der Waals surface area contributed by atoms with Crippen molar-refractivity contribution in [3.05, 3.63) is 10.9 Å². The minimum absolute atomic E-state index is 0.0972. The normalized spacial score (nSPS) is 11.2. The van der Waals surface area contributed by atoms with Gasteiger partial charge in [-0.1, -0.05) is 11.6 Å². The lowest BCUT2D eigenvalue weighted by atomic mass is 10.7. The predicted molar refractivity (Wildman–Crippen MR) is 73.8 cm³/mol. The Bertz CT molecular complexity index is 628. The lowest BCUT2D eigenvalue weighted by Gasteiger charge is -2.15. The highest BCUT2D eigenvalue weighted by molar-refractivity contribution is 7.93. The molecule has 1 N–H and O–H groups in total. The molecule has 0 saturated heterocycles. The van der Waals surface area contributed by atoms with Crippen LogP contribution >= 0.6 is 11.6 Å². The van der Waals surface area contributed by atoms with Crippen molar-refractivity contribution in [3.63, 3.8) is 0 Å². The van der Waals surface area contributed by atoms with Crippen LogP contribution in [0.25, 0.3) is 0 Å². The van der Waals surface area contributed by atoms with Crippen molar-refractivity contribution < 1.29 is 22.7 Å². The highest BCUT2D eigenvalue weighted by atomic mass is 35.5. The topological polar surface area (TPSA) is 124 Å². The Kier molecular flexibility index (Phi) is 5.67. The lowest BCUT2D eigenvalue weighted by molar-refractivity contribution is 0.251. The first-order valence-electron chi connectivity index (χ1n) is 5.24. The Morgan fingerprint density at radius 2 is 1.76 bits per heavy atom. The van der Waals surface area contributed by atoms with E-state index < -0.39 is 16.1 Å². The van der Waals surface area contributed by atoms with Gasteiger partial charge in [0.05, 0.1) is 19.6 Å². The molecular formula is C9H12ClN5O5S. The van der Waals surface area contributed by atoms with Crippen LogP contribution in [0.2, 0.25) is 0 Å². The van der Waals surface area contributed by atoms with Gasteiger partial charge in [0.2, 0.25) is 5.95 Å². The summed E-state index contributed by atoms with van der Waals surface area (Å²) in [5.41, 5.74) is 0.755.